The molecule has 1 rings (SSSR count). The number of aromatic hydroxyl groups is 1. The lowest BCUT2D eigenvalue weighted by Gasteiger charge is -2.23. The van der Waals surface area contributed by atoms with E-state index in [9.17, 15) is 9.90 Å². The zero-order valence-corrected chi connectivity index (χ0v) is 13.8. The molecule has 0 aliphatic carbocycles. The average Bonchev–Trinajstić information content (AvgIpc) is 2.45. The lowest BCUT2D eigenvalue weighted by atomic mass is 10.2. The highest BCUT2D eigenvalue weighted by Gasteiger charge is 2.10. The number of hydrogen-bond acceptors (Lipinski definition) is 4. The molecule has 0 aromatic carbocycles. The van der Waals surface area contributed by atoms with E-state index in [1.165, 1.54) is 6.42 Å². The number of rotatable bonds is 9. The zero-order valence-electron chi connectivity index (χ0n) is 13.8. The van der Waals surface area contributed by atoms with Crippen molar-refractivity contribution in [1.29, 1.82) is 0 Å². The Morgan fingerprint density at radius 1 is 1.24 bits per heavy atom. The third-order valence-corrected chi connectivity index (χ3v) is 3.65. The Hall–Kier alpha value is -1.33. The van der Waals surface area contributed by atoms with Crippen molar-refractivity contribution >= 4 is 0 Å². The molecule has 5 nitrogen and oxygen atoms in total. The largest absolute Gasteiger partial charge is 0.503 e. The molecular formula is C16H29N3O2. The number of pyridine rings is 1. The van der Waals surface area contributed by atoms with Gasteiger partial charge in [0.15, 0.2) is 5.75 Å². The van der Waals surface area contributed by atoms with Crippen molar-refractivity contribution < 1.29 is 5.11 Å². The monoisotopic (exact) mass is 295 g/mol. The molecule has 0 atom stereocenters. The minimum absolute atomic E-state index is 0.172. The van der Waals surface area contributed by atoms with Gasteiger partial charge in [-0.3, -0.25) is 9.69 Å². The first-order chi connectivity index (χ1) is 9.97. The van der Waals surface area contributed by atoms with Crippen molar-refractivity contribution in [3.63, 3.8) is 0 Å². The van der Waals surface area contributed by atoms with E-state index in [1.54, 1.807) is 12.3 Å². The Kier molecular flexibility index (Phi) is 7.47. The number of likely N-dealkylation sites (N-methyl/N-ethyl adjacent to an activating group) is 1. The number of nitrogens with zero attached hydrogens (tertiary/aromatic N) is 3. The van der Waals surface area contributed by atoms with Crippen molar-refractivity contribution in [3.05, 3.63) is 28.2 Å². The molecule has 0 spiro atoms. The zero-order chi connectivity index (χ0) is 15.8. The van der Waals surface area contributed by atoms with Crippen LogP contribution in [0, 0.1) is 0 Å². The first-order valence-electron chi connectivity index (χ1n) is 7.77. The van der Waals surface area contributed by atoms with E-state index in [0.29, 0.717) is 0 Å². The fraction of sp³-hybridized carbons (Fsp3) is 0.688. The first-order valence-corrected chi connectivity index (χ1v) is 7.77. The molecule has 21 heavy (non-hydrogen) atoms. The topological polar surface area (TPSA) is 48.7 Å². The number of aromatic nitrogens is 1. The Morgan fingerprint density at radius 2 is 1.95 bits per heavy atom. The molecule has 0 unspecified atom stereocenters. The molecule has 1 aromatic rings. The summed E-state index contributed by atoms with van der Waals surface area (Å²) in [6, 6.07) is 1.57. The van der Waals surface area contributed by atoms with Crippen molar-refractivity contribution in [1.82, 2.24) is 14.4 Å². The van der Waals surface area contributed by atoms with E-state index in [-0.39, 0.29) is 11.2 Å². The van der Waals surface area contributed by atoms with Crippen LogP contribution in [0.3, 0.4) is 0 Å². The van der Waals surface area contributed by atoms with Crippen molar-refractivity contribution in [3.8, 4) is 5.75 Å². The van der Waals surface area contributed by atoms with Gasteiger partial charge in [-0.2, -0.15) is 0 Å². The molecule has 0 saturated carbocycles. The van der Waals surface area contributed by atoms with Gasteiger partial charge in [-0.05, 0) is 33.6 Å². The van der Waals surface area contributed by atoms with Crippen LogP contribution in [0.25, 0.3) is 0 Å². The van der Waals surface area contributed by atoms with E-state index in [2.05, 4.69) is 23.6 Å². The molecular weight excluding hydrogens is 266 g/mol. The van der Waals surface area contributed by atoms with Gasteiger partial charge < -0.3 is 14.6 Å². The highest BCUT2D eigenvalue weighted by atomic mass is 16.3. The van der Waals surface area contributed by atoms with Gasteiger partial charge in [-0.25, -0.2) is 0 Å². The minimum Gasteiger partial charge on any atom is -0.503 e. The Bertz CT molecular complexity index is 483. The van der Waals surface area contributed by atoms with Gasteiger partial charge in [-0.1, -0.05) is 20.3 Å². The summed E-state index contributed by atoms with van der Waals surface area (Å²) in [6.45, 7) is 8.70. The predicted molar refractivity (Wildman–Crippen MR) is 86.8 cm³/mol. The Balaban J connectivity index is 2.91. The second kappa shape index (κ2) is 8.85. The molecule has 0 aliphatic heterocycles. The summed E-state index contributed by atoms with van der Waals surface area (Å²) < 4.78 is 1.99. The maximum atomic E-state index is 11.7. The van der Waals surface area contributed by atoms with Crippen molar-refractivity contribution in [2.24, 2.45) is 0 Å². The van der Waals surface area contributed by atoms with Gasteiger partial charge >= 0.3 is 0 Å². The van der Waals surface area contributed by atoms with Crippen LogP contribution in [0.15, 0.2) is 17.1 Å². The van der Waals surface area contributed by atoms with Gasteiger partial charge in [-0.15, -0.1) is 0 Å². The third-order valence-electron chi connectivity index (χ3n) is 3.65. The summed E-state index contributed by atoms with van der Waals surface area (Å²) in [6.07, 6.45) is 3.89. The Labute approximate surface area is 127 Å². The van der Waals surface area contributed by atoms with Crippen LogP contribution in [0.1, 0.15) is 32.4 Å². The first kappa shape index (κ1) is 17.7. The van der Waals surface area contributed by atoms with E-state index >= 15 is 0 Å². The van der Waals surface area contributed by atoms with Crippen LogP contribution in [-0.2, 0) is 13.1 Å². The second-order valence-corrected chi connectivity index (χ2v) is 5.73. The summed E-state index contributed by atoms with van der Waals surface area (Å²) in [5.41, 5.74) is 0.676. The van der Waals surface area contributed by atoms with E-state index in [1.807, 2.05) is 18.7 Å². The lowest BCUT2D eigenvalue weighted by Crippen LogP contribution is -2.28. The van der Waals surface area contributed by atoms with Gasteiger partial charge in [0.1, 0.15) is 0 Å². The quantitative estimate of drug-likeness (QED) is 0.754. The van der Waals surface area contributed by atoms with Crippen LogP contribution >= 0.6 is 0 Å². The van der Waals surface area contributed by atoms with Gasteiger partial charge in [0.2, 0.25) is 5.43 Å². The molecule has 0 radical (unpaired) electrons. The molecule has 1 N–H and O–H groups in total. The van der Waals surface area contributed by atoms with Crippen molar-refractivity contribution in [2.75, 3.05) is 33.7 Å². The summed E-state index contributed by atoms with van der Waals surface area (Å²) in [4.78, 5) is 16.1. The summed E-state index contributed by atoms with van der Waals surface area (Å²) >= 11 is 0. The lowest BCUT2D eigenvalue weighted by molar-refractivity contribution is 0.264. The maximum absolute atomic E-state index is 11.7. The highest BCUT2D eigenvalue weighted by molar-refractivity contribution is 5.20. The molecule has 0 fully saturated rings. The van der Waals surface area contributed by atoms with Crippen LogP contribution in [0.2, 0.25) is 0 Å². The molecule has 1 heterocycles. The fourth-order valence-electron chi connectivity index (χ4n) is 2.21. The highest BCUT2D eigenvalue weighted by Crippen LogP contribution is 2.09. The predicted octanol–water partition coefficient (Wildman–Crippen LogP) is 1.74. The summed E-state index contributed by atoms with van der Waals surface area (Å²) in [7, 11) is 4.03. The molecule has 0 aliphatic rings. The van der Waals surface area contributed by atoms with Gasteiger partial charge in [0, 0.05) is 31.4 Å². The third kappa shape index (κ3) is 5.89. The molecule has 0 bridgehead atoms. The minimum atomic E-state index is -0.294. The number of unbranched alkanes of at least 4 members (excludes halogenated alkanes) is 1. The summed E-state index contributed by atoms with van der Waals surface area (Å²) in [5.74, 6) is -0.172. The molecule has 5 heteroatoms. The average molecular weight is 295 g/mol. The SMILES string of the molecule is CCCCN(CC)Cc1cc(=O)c(O)cn1CCN(C)C. The molecule has 0 amide bonds. The van der Waals surface area contributed by atoms with Crippen LogP contribution in [0.5, 0.6) is 5.75 Å². The maximum Gasteiger partial charge on any atom is 0.223 e. The van der Waals surface area contributed by atoms with Crippen LogP contribution in [-0.4, -0.2) is 53.2 Å². The van der Waals surface area contributed by atoms with Crippen molar-refractivity contribution in [2.45, 2.75) is 39.8 Å². The van der Waals surface area contributed by atoms with Gasteiger partial charge in [0.05, 0.1) is 6.20 Å². The smallest absolute Gasteiger partial charge is 0.223 e. The standard InChI is InChI=1S/C16H29N3O2/c1-5-7-8-18(6-2)12-14-11-15(20)16(21)13-19(14)10-9-17(3)4/h11,13,21H,5-10,12H2,1-4H3. The Morgan fingerprint density at radius 3 is 2.52 bits per heavy atom. The normalized spacial score (nSPS) is 11.5. The van der Waals surface area contributed by atoms with Crippen LogP contribution < -0.4 is 5.43 Å². The fourth-order valence-corrected chi connectivity index (χ4v) is 2.21. The number of hydrogen-bond donors (Lipinski definition) is 1. The summed E-state index contributed by atoms with van der Waals surface area (Å²) in [5, 5.41) is 9.66. The molecule has 1 aromatic heterocycles. The van der Waals surface area contributed by atoms with Gasteiger partial charge in [0.25, 0.3) is 0 Å². The second-order valence-electron chi connectivity index (χ2n) is 5.73. The molecule has 0 saturated heterocycles. The van der Waals surface area contributed by atoms with E-state index in [0.717, 1.165) is 44.8 Å². The van der Waals surface area contributed by atoms with Crippen LogP contribution in [0.4, 0.5) is 0 Å². The van der Waals surface area contributed by atoms with E-state index < -0.39 is 0 Å². The molecule has 120 valence electrons. The van der Waals surface area contributed by atoms with E-state index in [4.69, 9.17) is 0 Å².